The van der Waals surface area contributed by atoms with Crippen molar-refractivity contribution in [1.29, 1.82) is 0 Å². The average molecular weight is 366 g/mol. The SMILES string of the molecule is O=C(NCCCNc1cccnc1)[C@H]1CCCCN1C(=O)c1ccccc1. The van der Waals surface area contributed by atoms with Crippen LogP contribution in [0, 0.1) is 0 Å². The Morgan fingerprint density at radius 1 is 1.07 bits per heavy atom. The molecule has 2 aromatic rings. The average Bonchev–Trinajstić information content (AvgIpc) is 2.74. The van der Waals surface area contributed by atoms with Crippen molar-refractivity contribution in [1.82, 2.24) is 15.2 Å². The molecule has 0 radical (unpaired) electrons. The predicted octanol–water partition coefficient (Wildman–Crippen LogP) is 2.69. The van der Waals surface area contributed by atoms with Gasteiger partial charge in [0, 0.05) is 37.6 Å². The predicted molar refractivity (Wildman–Crippen MR) is 105 cm³/mol. The zero-order valence-corrected chi connectivity index (χ0v) is 15.4. The minimum atomic E-state index is -0.377. The molecule has 1 aromatic carbocycles. The van der Waals surface area contributed by atoms with Gasteiger partial charge < -0.3 is 15.5 Å². The highest BCUT2D eigenvalue weighted by atomic mass is 16.2. The zero-order valence-electron chi connectivity index (χ0n) is 15.4. The first-order chi connectivity index (χ1) is 13.3. The van der Waals surface area contributed by atoms with Gasteiger partial charge >= 0.3 is 0 Å². The normalized spacial score (nSPS) is 16.6. The van der Waals surface area contributed by atoms with Crippen LogP contribution in [0.1, 0.15) is 36.0 Å². The molecule has 0 unspecified atom stereocenters. The van der Waals surface area contributed by atoms with Crippen molar-refractivity contribution in [2.75, 3.05) is 25.0 Å². The van der Waals surface area contributed by atoms with Crippen molar-refractivity contribution >= 4 is 17.5 Å². The van der Waals surface area contributed by atoms with Crippen LogP contribution in [-0.2, 0) is 4.79 Å². The number of carbonyl (C=O) groups is 2. The van der Waals surface area contributed by atoms with Gasteiger partial charge in [0.15, 0.2) is 0 Å². The number of amides is 2. The van der Waals surface area contributed by atoms with Crippen LogP contribution >= 0.6 is 0 Å². The second kappa shape index (κ2) is 9.71. The number of benzene rings is 1. The molecule has 0 saturated carbocycles. The minimum absolute atomic E-state index is 0.0552. The molecule has 1 aliphatic rings. The van der Waals surface area contributed by atoms with Gasteiger partial charge in [0.2, 0.25) is 5.91 Å². The third kappa shape index (κ3) is 5.29. The number of carbonyl (C=O) groups excluding carboxylic acids is 2. The van der Waals surface area contributed by atoms with Gasteiger partial charge in [0.1, 0.15) is 6.04 Å². The quantitative estimate of drug-likeness (QED) is 0.739. The smallest absolute Gasteiger partial charge is 0.254 e. The van der Waals surface area contributed by atoms with Crippen molar-refractivity contribution in [2.24, 2.45) is 0 Å². The van der Waals surface area contributed by atoms with Crippen molar-refractivity contribution in [2.45, 2.75) is 31.7 Å². The summed E-state index contributed by atoms with van der Waals surface area (Å²) in [5.41, 5.74) is 1.61. The first-order valence-electron chi connectivity index (χ1n) is 9.53. The minimum Gasteiger partial charge on any atom is -0.384 e. The van der Waals surface area contributed by atoms with E-state index in [4.69, 9.17) is 0 Å². The maximum absolute atomic E-state index is 12.8. The van der Waals surface area contributed by atoms with Crippen LogP contribution < -0.4 is 10.6 Å². The lowest BCUT2D eigenvalue weighted by atomic mass is 10.00. The van der Waals surface area contributed by atoms with Crippen LogP contribution in [0.15, 0.2) is 54.9 Å². The molecule has 6 nitrogen and oxygen atoms in total. The lowest BCUT2D eigenvalue weighted by Crippen LogP contribution is -2.52. The van der Waals surface area contributed by atoms with E-state index in [0.29, 0.717) is 18.7 Å². The van der Waals surface area contributed by atoms with Crippen molar-refractivity contribution in [3.63, 3.8) is 0 Å². The highest BCUT2D eigenvalue weighted by Crippen LogP contribution is 2.20. The molecule has 0 aliphatic carbocycles. The lowest BCUT2D eigenvalue weighted by Gasteiger charge is -2.34. The Kier molecular flexibility index (Phi) is 6.79. The van der Waals surface area contributed by atoms with Gasteiger partial charge in [-0.1, -0.05) is 18.2 Å². The monoisotopic (exact) mass is 366 g/mol. The Balaban J connectivity index is 1.47. The van der Waals surface area contributed by atoms with E-state index in [1.807, 2.05) is 30.3 Å². The summed E-state index contributed by atoms with van der Waals surface area (Å²) < 4.78 is 0. The Morgan fingerprint density at radius 2 is 1.93 bits per heavy atom. The van der Waals surface area contributed by atoms with Crippen LogP contribution in [0.4, 0.5) is 5.69 Å². The number of nitrogens with zero attached hydrogens (tertiary/aromatic N) is 2. The third-order valence-electron chi connectivity index (χ3n) is 4.73. The van der Waals surface area contributed by atoms with E-state index < -0.39 is 0 Å². The molecule has 2 N–H and O–H groups in total. The number of aromatic nitrogens is 1. The molecule has 1 aromatic heterocycles. The Labute approximate surface area is 160 Å². The van der Waals surface area contributed by atoms with Crippen molar-refractivity contribution in [3.8, 4) is 0 Å². The van der Waals surface area contributed by atoms with Gasteiger partial charge in [0.25, 0.3) is 5.91 Å². The summed E-state index contributed by atoms with van der Waals surface area (Å²) in [5, 5.41) is 6.25. The fourth-order valence-electron chi connectivity index (χ4n) is 3.31. The molecule has 27 heavy (non-hydrogen) atoms. The van der Waals surface area contributed by atoms with Gasteiger partial charge in [0.05, 0.1) is 5.69 Å². The molecule has 2 amide bonds. The highest BCUT2D eigenvalue weighted by Gasteiger charge is 2.32. The summed E-state index contributed by atoms with van der Waals surface area (Å²) in [6, 6.07) is 12.6. The lowest BCUT2D eigenvalue weighted by molar-refractivity contribution is -0.126. The Bertz CT molecular complexity index is 736. The van der Waals surface area contributed by atoms with Crippen LogP contribution in [0.5, 0.6) is 0 Å². The fraction of sp³-hybridized carbons (Fsp3) is 0.381. The number of piperidine rings is 1. The van der Waals surface area contributed by atoms with E-state index in [1.165, 1.54) is 0 Å². The molecular formula is C21H26N4O2. The first kappa shape index (κ1) is 18.9. The molecule has 3 rings (SSSR count). The van der Waals surface area contributed by atoms with Crippen LogP contribution in [0.2, 0.25) is 0 Å². The van der Waals surface area contributed by atoms with E-state index in [2.05, 4.69) is 15.6 Å². The number of nitrogens with one attached hydrogen (secondary N) is 2. The van der Waals surface area contributed by atoms with Gasteiger partial charge in [-0.25, -0.2) is 0 Å². The maximum atomic E-state index is 12.8. The van der Waals surface area contributed by atoms with E-state index in [9.17, 15) is 9.59 Å². The van der Waals surface area contributed by atoms with Crippen LogP contribution in [0.25, 0.3) is 0 Å². The summed E-state index contributed by atoms with van der Waals surface area (Å²) in [5.74, 6) is -0.117. The molecule has 2 heterocycles. The molecule has 0 bridgehead atoms. The molecule has 142 valence electrons. The molecule has 6 heteroatoms. The zero-order chi connectivity index (χ0) is 18.9. The summed E-state index contributed by atoms with van der Waals surface area (Å²) >= 11 is 0. The number of likely N-dealkylation sites (tertiary alicyclic amines) is 1. The molecular weight excluding hydrogens is 340 g/mol. The maximum Gasteiger partial charge on any atom is 0.254 e. The number of pyridine rings is 1. The number of rotatable bonds is 7. The second-order valence-electron chi connectivity index (χ2n) is 6.69. The van der Waals surface area contributed by atoms with Crippen LogP contribution in [0.3, 0.4) is 0 Å². The van der Waals surface area contributed by atoms with E-state index in [0.717, 1.165) is 37.9 Å². The van der Waals surface area contributed by atoms with Gasteiger partial charge in [-0.2, -0.15) is 0 Å². The number of anilines is 1. The first-order valence-corrected chi connectivity index (χ1v) is 9.53. The number of hydrogen-bond donors (Lipinski definition) is 2. The number of hydrogen-bond acceptors (Lipinski definition) is 4. The largest absolute Gasteiger partial charge is 0.384 e. The summed E-state index contributed by atoms with van der Waals surface area (Å²) in [7, 11) is 0. The standard InChI is InChI=1S/C21H26N4O2/c26-20(24-14-7-13-23-18-10-6-12-22-16-18)19-11-4-5-15-25(19)21(27)17-8-2-1-3-9-17/h1-3,6,8-10,12,16,19,23H,4-5,7,11,13-15H2,(H,24,26)/t19-/m1/s1. The fourth-order valence-corrected chi connectivity index (χ4v) is 3.31. The van der Waals surface area contributed by atoms with E-state index in [1.54, 1.807) is 29.4 Å². The summed E-state index contributed by atoms with van der Waals surface area (Å²) in [6.45, 7) is 1.97. The summed E-state index contributed by atoms with van der Waals surface area (Å²) in [6.07, 6.45) is 6.95. The molecule has 0 spiro atoms. The van der Waals surface area contributed by atoms with E-state index in [-0.39, 0.29) is 17.9 Å². The van der Waals surface area contributed by atoms with Gasteiger partial charge in [-0.05, 0) is 49.9 Å². The second-order valence-corrected chi connectivity index (χ2v) is 6.69. The molecule has 1 aliphatic heterocycles. The van der Waals surface area contributed by atoms with Crippen molar-refractivity contribution in [3.05, 3.63) is 60.4 Å². The molecule has 1 atom stereocenters. The van der Waals surface area contributed by atoms with Crippen molar-refractivity contribution < 1.29 is 9.59 Å². The molecule has 1 fully saturated rings. The topological polar surface area (TPSA) is 74.3 Å². The third-order valence-corrected chi connectivity index (χ3v) is 4.73. The van der Waals surface area contributed by atoms with Gasteiger partial charge in [-0.15, -0.1) is 0 Å². The highest BCUT2D eigenvalue weighted by molar-refractivity contribution is 5.97. The van der Waals surface area contributed by atoms with Crippen LogP contribution in [-0.4, -0.2) is 47.4 Å². The Hall–Kier alpha value is -2.89. The molecule has 1 saturated heterocycles. The van der Waals surface area contributed by atoms with E-state index >= 15 is 0 Å². The summed E-state index contributed by atoms with van der Waals surface area (Å²) in [4.78, 5) is 31.2. The van der Waals surface area contributed by atoms with Gasteiger partial charge in [-0.3, -0.25) is 14.6 Å². The Morgan fingerprint density at radius 3 is 2.70 bits per heavy atom.